The van der Waals surface area contributed by atoms with E-state index in [4.69, 9.17) is 9.47 Å². The van der Waals surface area contributed by atoms with Crippen LogP contribution in [0.3, 0.4) is 0 Å². The number of halogens is 6. The Balaban J connectivity index is 3.58. The summed E-state index contributed by atoms with van der Waals surface area (Å²) in [5.41, 5.74) is -1.51. The molecule has 0 saturated heterocycles. The van der Waals surface area contributed by atoms with E-state index in [1.54, 1.807) is 0 Å². The summed E-state index contributed by atoms with van der Waals surface area (Å²) in [6.07, 6.45) is -9.77. The predicted molar refractivity (Wildman–Crippen MR) is 91.0 cm³/mol. The molecule has 0 aliphatic carbocycles. The van der Waals surface area contributed by atoms with Crippen LogP contribution >= 0.6 is 0 Å². The SMILES string of the molecule is CCOC(=O)C(C(=O)OCC)c1cc(OCC(F)(F)F)c(N=O)c(OCC(F)(F)F)c1. The maximum atomic E-state index is 12.5. The lowest BCUT2D eigenvalue weighted by molar-refractivity contribution is -0.158. The summed E-state index contributed by atoms with van der Waals surface area (Å²) in [6, 6.07) is 1.34. The molecule has 0 bridgehead atoms. The van der Waals surface area contributed by atoms with Gasteiger partial charge in [0, 0.05) is 0 Å². The quantitative estimate of drug-likeness (QED) is 0.223. The Bertz CT molecular complexity index is 737. The van der Waals surface area contributed by atoms with Gasteiger partial charge < -0.3 is 18.9 Å². The minimum Gasteiger partial charge on any atom is -0.482 e. The van der Waals surface area contributed by atoms with Crippen LogP contribution in [0.4, 0.5) is 32.0 Å². The molecule has 0 aliphatic heterocycles. The molecule has 1 aromatic carbocycles. The van der Waals surface area contributed by atoms with E-state index in [0.717, 1.165) is 0 Å². The molecule has 0 heterocycles. The average molecular weight is 461 g/mol. The summed E-state index contributed by atoms with van der Waals surface area (Å²) < 4.78 is 93.6. The van der Waals surface area contributed by atoms with Gasteiger partial charge in [0.1, 0.15) is 0 Å². The molecule has 0 amide bonds. The third-order valence-corrected chi connectivity index (χ3v) is 3.31. The van der Waals surface area contributed by atoms with Gasteiger partial charge in [-0.05, 0) is 36.7 Å². The fourth-order valence-electron chi connectivity index (χ4n) is 2.22. The second-order valence-corrected chi connectivity index (χ2v) is 5.70. The van der Waals surface area contributed by atoms with E-state index in [1.165, 1.54) is 13.8 Å². The zero-order valence-corrected chi connectivity index (χ0v) is 16.1. The highest BCUT2D eigenvalue weighted by Crippen LogP contribution is 2.42. The smallest absolute Gasteiger partial charge is 0.422 e. The van der Waals surface area contributed by atoms with Gasteiger partial charge in [-0.1, -0.05) is 0 Å². The Hall–Kier alpha value is -3.06. The first-order valence-corrected chi connectivity index (χ1v) is 8.56. The summed E-state index contributed by atoms with van der Waals surface area (Å²) in [5, 5.41) is 2.37. The molecule has 174 valence electrons. The standard InChI is InChI=1S/C17H17F6NO7/c1-3-28-14(25)12(15(26)29-4-2)9-5-10(30-7-16(18,19)20)13(24-27)11(6-9)31-8-17(21,22)23/h5-6,12H,3-4,7-8H2,1-2H3. The van der Waals surface area contributed by atoms with Crippen molar-refractivity contribution < 1.29 is 54.9 Å². The second kappa shape index (κ2) is 10.8. The first kappa shape index (κ1) is 26.0. The van der Waals surface area contributed by atoms with Gasteiger partial charge in [-0.15, -0.1) is 4.91 Å². The lowest BCUT2D eigenvalue weighted by Crippen LogP contribution is -2.26. The number of nitrogens with zero attached hydrogens (tertiary/aromatic N) is 1. The number of carbonyl (C=O) groups is 2. The second-order valence-electron chi connectivity index (χ2n) is 5.70. The highest BCUT2D eigenvalue weighted by molar-refractivity contribution is 6.01. The van der Waals surface area contributed by atoms with Gasteiger partial charge in [-0.3, -0.25) is 9.59 Å². The Labute approximate surface area is 171 Å². The summed E-state index contributed by atoms with van der Waals surface area (Å²) >= 11 is 0. The van der Waals surface area contributed by atoms with Crippen molar-refractivity contribution in [3.05, 3.63) is 22.6 Å². The maximum absolute atomic E-state index is 12.5. The van der Waals surface area contributed by atoms with Crippen LogP contribution in [0.25, 0.3) is 0 Å². The molecule has 0 spiro atoms. The van der Waals surface area contributed by atoms with E-state index in [-0.39, 0.29) is 13.2 Å². The maximum Gasteiger partial charge on any atom is 0.422 e. The Morgan fingerprint density at radius 1 is 0.871 bits per heavy atom. The van der Waals surface area contributed by atoms with Crippen molar-refractivity contribution in [3.8, 4) is 11.5 Å². The highest BCUT2D eigenvalue weighted by atomic mass is 19.4. The molecule has 0 aromatic heterocycles. The molecule has 0 radical (unpaired) electrons. The minimum atomic E-state index is -4.88. The number of benzene rings is 1. The summed E-state index contributed by atoms with van der Waals surface area (Å²) in [4.78, 5) is 35.5. The molecule has 0 atom stereocenters. The number of hydrogen-bond donors (Lipinski definition) is 0. The topological polar surface area (TPSA) is 100 Å². The van der Waals surface area contributed by atoms with Gasteiger partial charge >= 0.3 is 24.3 Å². The summed E-state index contributed by atoms with van der Waals surface area (Å²) in [5.74, 6) is -6.21. The van der Waals surface area contributed by atoms with Gasteiger partial charge in [0.25, 0.3) is 0 Å². The summed E-state index contributed by atoms with van der Waals surface area (Å²) in [6.45, 7) is -1.48. The fourth-order valence-corrected chi connectivity index (χ4v) is 2.22. The monoisotopic (exact) mass is 461 g/mol. The van der Waals surface area contributed by atoms with E-state index in [1.807, 2.05) is 0 Å². The van der Waals surface area contributed by atoms with Crippen LogP contribution in [-0.2, 0) is 19.1 Å². The molecule has 0 unspecified atom stereocenters. The van der Waals surface area contributed by atoms with Crippen LogP contribution in [-0.4, -0.2) is 50.7 Å². The minimum absolute atomic E-state index is 0.197. The van der Waals surface area contributed by atoms with Crippen molar-refractivity contribution in [2.24, 2.45) is 5.18 Å². The fraction of sp³-hybridized carbons (Fsp3) is 0.529. The number of carbonyl (C=O) groups excluding carboxylic acids is 2. The van der Waals surface area contributed by atoms with Crippen LogP contribution in [0.5, 0.6) is 11.5 Å². The van der Waals surface area contributed by atoms with Gasteiger partial charge in [0.05, 0.1) is 13.2 Å². The van der Waals surface area contributed by atoms with Gasteiger partial charge in [0.2, 0.25) is 0 Å². The third-order valence-electron chi connectivity index (χ3n) is 3.31. The third kappa shape index (κ3) is 8.30. The molecule has 0 saturated carbocycles. The predicted octanol–water partition coefficient (Wildman–Crippen LogP) is 4.18. The molecule has 1 rings (SSSR count). The Kier molecular flexibility index (Phi) is 9.06. The number of hydrogen-bond acceptors (Lipinski definition) is 8. The van der Waals surface area contributed by atoms with E-state index in [9.17, 15) is 40.8 Å². The van der Waals surface area contributed by atoms with Crippen molar-refractivity contribution in [2.75, 3.05) is 26.4 Å². The van der Waals surface area contributed by atoms with Crippen LogP contribution in [0, 0.1) is 4.91 Å². The largest absolute Gasteiger partial charge is 0.482 e. The van der Waals surface area contributed by atoms with Gasteiger partial charge in [-0.2, -0.15) is 26.3 Å². The number of rotatable bonds is 10. The van der Waals surface area contributed by atoms with Crippen molar-refractivity contribution in [3.63, 3.8) is 0 Å². The van der Waals surface area contributed by atoms with Gasteiger partial charge in [0.15, 0.2) is 36.3 Å². The molecule has 31 heavy (non-hydrogen) atoms. The van der Waals surface area contributed by atoms with Crippen LogP contribution in [0.15, 0.2) is 17.3 Å². The van der Waals surface area contributed by atoms with E-state index < -0.39 is 66.2 Å². The normalized spacial score (nSPS) is 11.8. The van der Waals surface area contributed by atoms with Crippen LogP contribution in [0.1, 0.15) is 25.3 Å². The first-order chi connectivity index (χ1) is 14.3. The molecule has 0 aliphatic rings. The van der Waals surface area contributed by atoms with Gasteiger partial charge in [-0.25, -0.2) is 0 Å². The molecular weight excluding hydrogens is 444 g/mol. The lowest BCUT2D eigenvalue weighted by Gasteiger charge is -2.19. The van der Waals surface area contributed by atoms with Crippen molar-refractivity contribution in [1.82, 2.24) is 0 Å². The highest BCUT2D eigenvalue weighted by Gasteiger charge is 2.36. The Morgan fingerprint density at radius 3 is 1.55 bits per heavy atom. The van der Waals surface area contributed by atoms with Crippen molar-refractivity contribution in [1.29, 1.82) is 0 Å². The van der Waals surface area contributed by atoms with Crippen LogP contribution < -0.4 is 9.47 Å². The molecule has 0 fully saturated rings. The lowest BCUT2D eigenvalue weighted by atomic mass is 9.98. The molecule has 1 aromatic rings. The molecule has 0 N–H and O–H groups in total. The number of alkyl halides is 6. The van der Waals surface area contributed by atoms with E-state index in [0.29, 0.717) is 12.1 Å². The zero-order valence-electron chi connectivity index (χ0n) is 16.1. The number of esters is 2. The molecule has 8 nitrogen and oxygen atoms in total. The van der Waals surface area contributed by atoms with Crippen molar-refractivity contribution >= 4 is 17.6 Å². The van der Waals surface area contributed by atoms with Crippen molar-refractivity contribution in [2.45, 2.75) is 32.1 Å². The first-order valence-electron chi connectivity index (χ1n) is 8.56. The van der Waals surface area contributed by atoms with E-state index >= 15 is 0 Å². The van der Waals surface area contributed by atoms with E-state index in [2.05, 4.69) is 14.7 Å². The van der Waals surface area contributed by atoms with Crippen LogP contribution in [0.2, 0.25) is 0 Å². The number of nitroso groups, excluding NO2 is 1. The molecule has 14 heteroatoms. The molecular formula is C17H17F6NO7. The Morgan fingerprint density at radius 2 is 1.26 bits per heavy atom. The average Bonchev–Trinajstić information content (AvgIpc) is 2.64. The summed E-state index contributed by atoms with van der Waals surface area (Å²) in [7, 11) is 0. The zero-order chi connectivity index (χ0) is 23.8. The number of ether oxygens (including phenoxy) is 4.